The number of aromatic nitrogens is 1. The van der Waals surface area contributed by atoms with Gasteiger partial charge in [-0.3, -0.25) is 0 Å². The largest absolute Gasteiger partial charge is 0.312 e. The van der Waals surface area contributed by atoms with Crippen LogP contribution in [0.1, 0.15) is 36.1 Å². The Bertz CT molecular complexity index is 279. The average molecular weight is 210 g/mol. The highest BCUT2D eigenvalue weighted by atomic mass is 32.1. The summed E-state index contributed by atoms with van der Waals surface area (Å²) in [5.41, 5.74) is 0. The second-order valence-electron chi connectivity index (χ2n) is 4.04. The zero-order valence-electron chi connectivity index (χ0n) is 8.75. The first-order valence-electron chi connectivity index (χ1n) is 5.52. The maximum atomic E-state index is 4.45. The molecule has 1 aliphatic rings. The van der Waals surface area contributed by atoms with Crippen LogP contribution in [-0.4, -0.2) is 11.5 Å². The molecule has 3 heteroatoms. The Morgan fingerprint density at radius 2 is 2.43 bits per heavy atom. The summed E-state index contributed by atoms with van der Waals surface area (Å²) < 4.78 is 0. The fourth-order valence-corrected chi connectivity index (χ4v) is 2.49. The molecule has 14 heavy (non-hydrogen) atoms. The summed E-state index contributed by atoms with van der Waals surface area (Å²) in [4.78, 5) is 5.84. The van der Waals surface area contributed by atoms with Crippen molar-refractivity contribution >= 4 is 11.3 Å². The minimum atomic E-state index is 0.956. The van der Waals surface area contributed by atoms with E-state index in [1.807, 2.05) is 17.5 Å². The third-order valence-electron chi connectivity index (χ3n) is 2.49. The Balaban J connectivity index is 1.76. The van der Waals surface area contributed by atoms with Crippen LogP contribution in [0.2, 0.25) is 0 Å². The molecular weight excluding hydrogens is 192 g/mol. The van der Waals surface area contributed by atoms with E-state index in [-0.39, 0.29) is 0 Å². The van der Waals surface area contributed by atoms with Gasteiger partial charge in [-0.15, -0.1) is 11.3 Å². The Morgan fingerprint density at radius 1 is 1.57 bits per heavy atom. The lowest BCUT2D eigenvalue weighted by atomic mass is 10.3. The Hall–Kier alpha value is -0.410. The summed E-state index contributed by atoms with van der Waals surface area (Å²) in [6.45, 7) is 4.30. The van der Waals surface area contributed by atoms with E-state index in [1.54, 1.807) is 0 Å². The molecule has 0 radical (unpaired) electrons. The van der Waals surface area contributed by atoms with Crippen molar-refractivity contribution in [2.75, 3.05) is 6.54 Å². The normalized spacial score (nSPS) is 16.1. The van der Waals surface area contributed by atoms with Crippen molar-refractivity contribution in [3.8, 4) is 0 Å². The standard InChI is InChI=1S/C11H18N2S/c1-2-5-12-7-10-8-13-11(14-10)6-9-3-4-9/h8-9,12H,2-7H2,1H3. The number of rotatable bonds is 6. The van der Waals surface area contributed by atoms with Gasteiger partial charge in [-0.1, -0.05) is 6.92 Å². The molecule has 2 nitrogen and oxygen atoms in total. The van der Waals surface area contributed by atoms with Crippen molar-refractivity contribution in [2.24, 2.45) is 5.92 Å². The van der Waals surface area contributed by atoms with E-state index < -0.39 is 0 Å². The van der Waals surface area contributed by atoms with Crippen molar-refractivity contribution in [2.45, 2.75) is 39.2 Å². The number of hydrogen-bond donors (Lipinski definition) is 1. The first-order valence-corrected chi connectivity index (χ1v) is 6.34. The van der Waals surface area contributed by atoms with Crippen molar-refractivity contribution in [3.63, 3.8) is 0 Å². The van der Waals surface area contributed by atoms with Crippen molar-refractivity contribution in [3.05, 3.63) is 16.1 Å². The molecule has 0 bridgehead atoms. The molecule has 1 aliphatic carbocycles. The van der Waals surface area contributed by atoms with Gasteiger partial charge < -0.3 is 5.32 Å². The van der Waals surface area contributed by atoms with E-state index in [4.69, 9.17) is 0 Å². The minimum Gasteiger partial charge on any atom is -0.312 e. The summed E-state index contributed by atoms with van der Waals surface area (Å²) in [6.07, 6.45) is 7.29. The van der Waals surface area contributed by atoms with Crippen LogP contribution in [0.3, 0.4) is 0 Å². The summed E-state index contributed by atoms with van der Waals surface area (Å²) in [5.74, 6) is 0.956. The van der Waals surface area contributed by atoms with Crippen LogP contribution in [0, 0.1) is 5.92 Å². The number of nitrogens with zero attached hydrogens (tertiary/aromatic N) is 1. The molecule has 1 saturated carbocycles. The molecule has 0 aromatic carbocycles. The average Bonchev–Trinajstić information content (AvgIpc) is 2.87. The van der Waals surface area contributed by atoms with Gasteiger partial charge in [0.25, 0.3) is 0 Å². The van der Waals surface area contributed by atoms with Gasteiger partial charge in [0.15, 0.2) is 0 Å². The lowest BCUT2D eigenvalue weighted by molar-refractivity contribution is 0.681. The van der Waals surface area contributed by atoms with Crippen molar-refractivity contribution < 1.29 is 0 Å². The predicted octanol–water partition coefficient (Wildman–Crippen LogP) is 2.60. The third-order valence-corrected chi connectivity index (χ3v) is 3.51. The fourth-order valence-electron chi connectivity index (χ4n) is 1.48. The van der Waals surface area contributed by atoms with Crippen LogP contribution in [-0.2, 0) is 13.0 Å². The Morgan fingerprint density at radius 3 is 3.14 bits per heavy atom. The van der Waals surface area contributed by atoms with Crippen LogP contribution in [0.4, 0.5) is 0 Å². The molecule has 1 aromatic rings. The highest BCUT2D eigenvalue weighted by molar-refractivity contribution is 7.11. The maximum Gasteiger partial charge on any atom is 0.0930 e. The number of nitrogens with one attached hydrogen (secondary N) is 1. The molecular formula is C11H18N2S. The van der Waals surface area contributed by atoms with E-state index in [0.29, 0.717) is 0 Å². The first kappa shape index (κ1) is 10.1. The molecule has 78 valence electrons. The zero-order chi connectivity index (χ0) is 9.80. The molecule has 0 aliphatic heterocycles. The second kappa shape index (κ2) is 4.89. The minimum absolute atomic E-state index is 0.956. The van der Waals surface area contributed by atoms with Crippen LogP contribution in [0.25, 0.3) is 0 Å². The van der Waals surface area contributed by atoms with Gasteiger partial charge in [-0.25, -0.2) is 4.98 Å². The van der Waals surface area contributed by atoms with Crippen LogP contribution in [0.15, 0.2) is 6.20 Å². The molecule has 0 unspecified atom stereocenters. The molecule has 0 spiro atoms. The molecule has 2 rings (SSSR count). The lowest BCUT2D eigenvalue weighted by Crippen LogP contribution is -2.12. The lowest BCUT2D eigenvalue weighted by Gasteiger charge is -1.97. The topological polar surface area (TPSA) is 24.9 Å². The monoisotopic (exact) mass is 210 g/mol. The maximum absolute atomic E-state index is 4.45. The van der Waals surface area contributed by atoms with Crippen LogP contribution in [0.5, 0.6) is 0 Å². The van der Waals surface area contributed by atoms with Gasteiger partial charge in [-0.05, 0) is 31.7 Å². The Kier molecular flexibility index (Phi) is 3.54. The van der Waals surface area contributed by atoms with Gasteiger partial charge in [0.05, 0.1) is 5.01 Å². The van der Waals surface area contributed by atoms with E-state index in [1.165, 1.54) is 35.6 Å². The quantitative estimate of drug-likeness (QED) is 0.730. The van der Waals surface area contributed by atoms with E-state index in [9.17, 15) is 0 Å². The number of hydrogen-bond acceptors (Lipinski definition) is 3. The first-order chi connectivity index (χ1) is 6.88. The van der Waals surface area contributed by atoms with Crippen molar-refractivity contribution in [1.82, 2.24) is 10.3 Å². The molecule has 0 atom stereocenters. The summed E-state index contributed by atoms with van der Waals surface area (Å²) >= 11 is 1.88. The predicted molar refractivity (Wildman–Crippen MR) is 60.5 cm³/mol. The van der Waals surface area contributed by atoms with Crippen LogP contribution < -0.4 is 5.32 Å². The van der Waals surface area contributed by atoms with E-state index in [2.05, 4.69) is 17.2 Å². The fraction of sp³-hybridized carbons (Fsp3) is 0.727. The van der Waals surface area contributed by atoms with E-state index in [0.717, 1.165) is 19.0 Å². The highest BCUT2D eigenvalue weighted by Gasteiger charge is 2.22. The van der Waals surface area contributed by atoms with Gasteiger partial charge in [-0.2, -0.15) is 0 Å². The van der Waals surface area contributed by atoms with Crippen LogP contribution >= 0.6 is 11.3 Å². The molecule has 1 N–H and O–H groups in total. The highest BCUT2D eigenvalue weighted by Crippen LogP contribution is 2.33. The smallest absolute Gasteiger partial charge is 0.0930 e. The zero-order valence-corrected chi connectivity index (χ0v) is 9.57. The van der Waals surface area contributed by atoms with Gasteiger partial charge in [0.1, 0.15) is 0 Å². The van der Waals surface area contributed by atoms with Gasteiger partial charge in [0.2, 0.25) is 0 Å². The summed E-state index contributed by atoms with van der Waals surface area (Å²) in [6, 6.07) is 0. The Labute approximate surface area is 89.8 Å². The molecule has 1 fully saturated rings. The number of thiazole rings is 1. The van der Waals surface area contributed by atoms with Gasteiger partial charge in [0, 0.05) is 24.0 Å². The molecule has 1 heterocycles. The second-order valence-corrected chi connectivity index (χ2v) is 5.24. The molecule has 1 aromatic heterocycles. The SMILES string of the molecule is CCCNCc1cnc(CC2CC2)s1. The summed E-state index contributed by atoms with van der Waals surface area (Å²) in [5, 5.41) is 4.74. The van der Waals surface area contributed by atoms with Crippen molar-refractivity contribution in [1.29, 1.82) is 0 Å². The molecule has 0 amide bonds. The molecule has 0 saturated heterocycles. The summed E-state index contributed by atoms with van der Waals surface area (Å²) in [7, 11) is 0. The third kappa shape index (κ3) is 3.07. The van der Waals surface area contributed by atoms with Gasteiger partial charge >= 0.3 is 0 Å². The van der Waals surface area contributed by atoms with E-state index >= 15 is 0 Å².